The maximum atomic E-state index is 12.4. The summed E-state index contributed by atoms with van der Waals surface area (Å²) in [4.78, 5) is 0. The molecule has 0 spiro atoms. The van der Waals surface area contributed by atoms with Crippen molar-refractivity contribution in [2.45, 2.75) is 93.4 Å². The lowest BCUT2D eigenvalue weighted by Crippen LogP contribution is -1.99. The quantitative estimate of drug-likeness (QED) is 0.183. The van der Waals surface area contributed by atoms with Crippen molar-refractivity contribution in [3.8, 4) is 0 Å². The molecule has 0 aliphatic heterocycles. The Hall–Kier alpha value is -0.890. The molecule has 0 amide bonds. The van der Waals surface area contributed by atoms with Crippen LogP contribution in [0.3, 0.4) is 0 Å². The van der Waals surface area contributed by atoms with Crippen LogP contribution in [0.15, 0.2) is 46.6 Å². The first kappa shape index (κ1) is 28.1. The van der Waals surface area contributed by atoms with E-state index in [1.54, 1.807) is 0 Å². The molecule has 168 valence electrons. The van der Waals surface area contributed by atoms with Gasteiger partial charge in [0.25, 0.3) is 0 Å². The van der Waals surface area contributed by atoms with E-state index in [1.165, 1.54) is 22.3 Å². The summed E-state index contributed by atoms with van der Waals surface area (Å²) in [6, 6.07) is 0. The fourth-order valence-corrected chi connectivity index (χ4v) is 4.58. The average molecular weight is 425 g/mol. The monoisotopic (exact) mass is 424 g/mol. The maximum absolute atomic E-state index is 12.4. The standard InChI is InChI=1S/C25H45O3P/c1-8-27-29(26,28-9-2)21-13-20-25(7)19-12-18-24(6)17-11-16-23(5)15-10-14-22(3)4/h14,16,18,20H,8-13,15,17,19,21H2,1-7H3/b23-16+,24-18+,25-20+. The Morgan fingerprint density at radius 1 is 0.655 bits per heavy atom. The van der Waals surface area contributed by atoms with Crippen molar-refractivity contribution in [1.29, 1.82) is 0 Å². The Bertz CT molecular complexity index is 598. The minimum absolute atomic E-state index is 0.425. The highest BCUT2D eigenvalue weighted by molar-refractivity contribution is 7.53. The van der Waals surface area contributed by atoms with Gasteiger partial charge in [0, 0.05) is 0 Å². The van der Waals surface area contributed by atoms with Crippen LogP contribution in [0.4, 0.5) is 0 Å². The molecule has 0 heterocycles. The van der Waals surface area contributed by atoms with Gasteiger partial charge in [-0.15, -0.1) is 0 Å². The number of rotatable bonds is 16. The average Bonchev–Trinajstić information content (AvgIpc) is 2.61. The smallest absolute Gasteiger partial charge is 0.309 e. The van der Waals surface area contributed by atoms with Crippen molar-refractivity contribution in [2.75, 3.05) is 19.4 Å². The molecule has 0 saturated carbocycles. The van der Waals surface area contributed by atoms with Crippen LogP contribution < -0.4 is 0 Å². The van der Waals surface area contributed by atoms with Gasteiger partial charge < -0.3 is 9.05 Å². The number of hydrogen-bond acceptors (Lipinski definition) is 3. The van der Waals surface area contributed by atoms with Crippen molar-refractivity contribution in [3.05, 3.63) is 46.6 Å². The van der Waals surface area contributed by atoms with Gasteiger partial charge in [0.2, 0.25) is 0 Å². The number of allylic oxidation sites excluding steroid dienone is 8. The van der Waals surface area contributed by atoms with Gasteiger partial charge in [-0.2, -0.15) is 0 Å². The SMILES string of the molecule is CCOP(=O)(CC/C=C(\C)CC/C=C(\C)CC/C=C(\C)CCC=C(C)C)OCC. The van der Waals surface area contributed by atoms with E-state index in [1.807, 2.05) is 13.8 Å². The van der Waals surface area contributed by atoms with Crippen LogP contribution in [-0.2, 0) is 13.6 Å². The Morgan fingerprint density at radius 3 is 1.41 bits per heavy atom. The van der Waals surface area contributed by atoms with Crippen LogP contribution in [0.25, 0.3) is 0 Å². The van der Waals surface area contributed by atoms with Crippen LogP contribution >= 0.6 is 7.60 Å². The third-order valence-corrected chi connectivity index (χ3v) is 6.81. The van der Waals surface area contributed by atoms with Gasteiger partial charge in [-0.25, -0.2) is 0 Å². The van der Waals surface area contributed by atoms with Crippen molar-refractivity contribution < 1.29 is 13.6 Å². The second-order valence-corrected chi connectivity index (χ2v) is 10.2. The van der Waals surface area contributed by atoms with Crippen molar-refractivity contribution in [3.63, 3.8) is 0 Å². The van der Waals surface area contributed by atoms with E-state index in [0.717, 1.165) is 44.9 Å². The summed E-state index contributed by atoms with van der Waals surface area (Å²) in [5, 5.41) is 0. The second-order valence-electron chi connectivity index (χ2n) is 8.01. The van der Waals surface area contributed by atoms with Crippen molar-refractivity contribution >= 4 is 7.60 Å². The van der Waals surface area contributed by atoms with E-state index >= 15 is 0 Å². The molecule has 0 aromatic rings. The zero-order valence-electron chi connectivity index (χ0n) is 20.1. The summed E-state index contributed by atoms with van der Waals surface area (Å²) in [6.07, 6.45) is 17.1. The van der Waals surface area contributed by atoms with Gasteiger partial charge >= 0.3 is 7.60 Å². The van der Waals surface area contributed by atoms with Crippen LogP contribution in [0, 0.1) is 0 Å². The van der Waals surface area contributed by atoms with Gasteiger partial charge in [0.1, 0.15) is 0 Å². The third kappa shape index (κ3) is 16.6. The molecule has 0 atom stereocenters. The molecule has 29 heavy (non-hydrogen) atoms. The van der Waals surface area contributed by atoms with E-state index in [9.17, 15) is 4.57 Å². The van der Waals surface area contributed by atoms with Crippen LogP contribution in [-0.4, -0.2) is 19.4 Å². The van der Waals surface area contributed by atoms with Crippen molar-refractivity contribution in [2.24, 2.45) is 0 Å². The first-order valence-electron chi connectivity index (χ1n) is 11.2. The zero-order valence-corrected chi connectivity index (χ0v) is 20.9. The highest BCUT2D eigenvalue weighted by atomic mass is 31.2. The summed E-state index contributed by atoms with van der Waals surface area (Å²) in [5.41, 5.74) is 5.69. The highest BCUT2D eigenvalue weighted by Crippen LogP contribution is 2.48. The lowest BCUT2D eigenvalue weighted by molar-refractivity contribution is 0.220. The molecule has 0 radical (unpaired) electrons. The van der Waals surface area contributed by atoms with Gasteiger partial charge in [0.15, 0.2) is 0 Å². The Kier molecular flexibility index (Phi) is 16.3. The normalized spacial score (nSPS) is 13.7. The zero-order chi connectivity index (χ0) is 22.1. The molecule has 0 bridgehead atoms. The van der Waals surface area contributed by atoms with E-state index in [0.29, 0.717) is 19.4 Å². The van der Waals surface area contributed by atoms with Gasteiger partial charge in [-0.05, 0) is 93.4 Å². The molecular formula is C25H45O3P. The third-order valence-electron chi connectivity index (χ3n) is 4.70. The molecule has 0 aromatic heterocycles. The molecule has 0 aliphatic rings. The van der Waals surface area contributed by atoms with Gasteiger partial charge in [-0.3, -0.25) is 4.57 Å². The largest absolute Gasteiger partial charge is 0.330 e. The summed E-state index contributed by atoms with van der Waals surface area (Å²) < 4.78 is 23.1. The van der Waals surface area contributed by atoms with Crippen molar-refractivity contribution in [1.82, 2.24) is 0 Å². The molecule has 0 saturated heterocycles. The minimum atomic E-state index is -2.92. The first-order valence-corrected chi connectivity index (χ1v) is 12.9. The minimum Gasteiger partial charge on any atom is -0.309 e. The molecule has 0 aromatic carbocycles. The fourth-order valence-electron chi connectivity index (χ4n) is 3.02. The number of hydrogen-bond donors (Lipinski definition) is 0. The molecule has 0 rings (SSSR count). The highest BCUT2D eigenvalue weighted by Gasteiger charge is 2.21. The molecule has 0 N–H and O–H groups in total. The van der Waals surface area contributed by atoms with Crippen LogP contribution in [0.1, 0.15) is 93.4 Å². The summed E-state index contributed by atoms with van der Waals surface area (Å²) in [5.74, 6) is 0. The van der Waals surface area contributed by atoms with E-state index in [-0.39, 0.29) is 0 Å². The Labute approximate surface area is 180 Å². The Morgan fingerprint density at radius 2 is 1.03 bits per heavy atom. The summed E-state index contributed by atoms with van der Waals surface area (Å²) >= 11 is 0. The summed E-state index contributed by atoms with van der Waals surface area (Å²) in [7, 11) is -2.92. The predicted octanol–water partition coefficient (Wildman–Crippen LogP) is 8.79. The lowest BCUT2D eigenvalue weighted by atomic mass is 10.0. The van der Waals surface area contributed by atoms with E-state index in [2.05, 4.69) is 58.9 Å². The first-order chi connectivity index (χ1) is 13.7. The van der Waals surface area contributed by atoms with Gasteiger partial charge in [0.05, 0.1) is 19.4 Å². The lowest BCUT2D eigenvalue weighted by Gasteiger charge is -2.16. The fraction of sp³-hybridized carbons (Fsp3) is 0.680. The molecule has 4 heteroatoms. The second kappa shape index (κ2) is 16.9. The molecule has 0 aliphatic carbocycles. The maximum Gasteiger partial charge on any atom is 0.330 e. The van der Waals surface area contributed by atoms with Crippen LogP contribution in [0.2, 0.25) is 0 Å². The topological polar surface area (TPSA) is 35.5 Å². The predicted molar refractivity (Wildman–Crippen MR) is 129 cm³/mol. The van der Waals surface area contributed by atoms with E-state index in [4.69, 9.17) is 9.05 Å². The molecule has 3 nitrogen and oxygen atoms in total. The Balaban J connectivity index is 4.21. The molecule has 0 unspecified atom stereocenters. The van der Waals surface area contributed by atoms with E-state index < -0.39 is 7.60 Å². The molecule has 0 fully saturated rings. The van der Waals surface area contributed by atoms with Gasteiger partial charge in [-0.1, -0.05) is 46.6 Å². The summed E-state index contributed by atoms with van der Waals surface area (Å²) in [6.45, 7) is 15.5. The van der Waals surface area contributed by atoms with Crippen LogP contribution in [0.5, 0.6) is 0 Å². The molecular weight excluding hydrogens is 379 g/mol.